The van der Waals surface area contributed by atoms with Crippen molar-refractivity contribution in [3.05, 3.63) is 50.9 Å². The van der Waals surface area contributed by atoms with E-state index in [1.54, 1.807) is 11.4 Å². The Balaban J connectivity index is 1.68. The third-order valence-electron chi connectivity index (χ3n) is 3.32. The van der Waals surface area contributed by atoms with Gasteiger partial charge in [0.1, 0.15) is 0 Å². The Morgan fingerprint density at radius 2 is 2.19 bits per heavy atom. The van der Waals surface area contributed by atoms with E-state index in [4.69, 9.17) is 0 Å². The molecule has 1 aromatic heterocycles. The molecule has 0 atom stereocenters. The fourth-order valence-electron chi connectivity index (χ4n) is 2.25. The predicted molar refractivity (Wildman–Crippen MR) is 81.7 cm³/mol. The number of rotatable bonds is 4. The van der Waals surface area contributed by atoms with Crippen LogP contribution in [0, 0.1) is 10.1 Å². The van der Waals surface area contributed by atoms with Gasteiger partial charge in [-0.25, -0.2) is 0 Å². The number of amides is 1. The smallest absolute Gasteiger partial charge is 0.324 e. The van der Waals surface area contributed by atoms with Crippen molar-refractivity contribution in [3.63, 3.8) is 0 Å². The standard InChI is InChI=1S/C14H13N3O3S/c18-13-4-1-10-6-11(2-3-12(10)16-13)15-7-9-5-14(17(19)20)21-8-9/h2-3,5-6,8,15H,1,4,7H2,(H,16,18). The fourth-order valence-corrected chi connectivity index (χ4v) is 2.98. The van der Waals surface area contributed by atoms with Crippen LogP contribution in [0.25, 0.3) is 0 Å². The van der Waals surface area contributed by atoms with Crippen LogP contribution in [-0.2, 0) is 17.8 Å². The Labute approximate surface area is 124 Å². The van der Waals surface area contributed by atoms with Crippen LogP contribution in [0.3, 0.4) is 0 Å². The van der Waals surface area contributed by atoms with E-state index in [1.807, 2.05) is 18.2 Å². The zero-order valence-corrected chi connectivity index (χ0v) is 11.9. The maximum absolute atomic E-state index is 11.3. The van der Waals surface area contributed by atoms with Gasteiger partial charge in [0.25, 0.3) is 0 Å². The summed E-state index contributed by atoms with van der Waals surface area (Å²) in [6, 6.07) is 7.36. The Morgan fingerprint density at radius 3 is 2.95 bits per heavy atom. The Hall–Kier alpha value is -2.41. The van der Waals surface area contributed by atoms with Gasteiger partial charge in [0.15, 0.2) is 0 Å². The van der Waals surface area contributed by atoms with Gasteiger partial charge >= 0.3 is 5.00 Å². The van der Waals surface area contributed by atoms with Crippen LogP contribution < -0.4 is 10.6 Å². The predicted octanol–water partition coefficient (Wildman–Crippen LogP) is 3.15. The van der Waals surface area contributed by atoms with Crippen LogP contribution in [0.2, 0.25) is 0 Å². The highest BCUT2D eigenvalue weighted by Crippen LogP contribution is 2.27. The molecule has 1 aliphatic rings. The van der Waals surface area contributed by atoms with Gasteiger partial charge < -0.3 is 10.6 Å². The minimum atomic E-state index is -0.379. The van der Waals surface area contributed by atoms with E-state index in [-0.39, 0.29) is 15.8 Å². The topological polar surface area (TPSA) is 84.3 Å². The lowest BCUT2D eigenvalue weighted by Crippen LogP contribution is -2.18. The van der Waals surface area contributed by atoms with Crippen molar-refractivity contribution in [2.24, 2.45) is 0 Å². The highest BCUT2D eigenvalue weighted by Gasteiger charge is 2.15. The quantitative estimate of drug-likeness (QED) is 0.671. The number of nitrogens with one attached hydrogen (secondary N) is 2. The summed E-state index contributed by atoms with van der Waals surface area (Å²) in [7, 11) is 0. The Morgan fingerprint density at radius 1 is 1.33 bits per heavy atom. The van der Waals surface area contributed by atoms with Gasteiger partial charge in [-0.05, 0) is 35.7 Å². The zero-order valence-electron chi connectivity index (χ0n) is 11.1. The summed E-state index contributed by atoms with van der Waals surface area (Å²) in [5.41, 5.74) is 3.80. The molecule has 108 valence electrons. The van der Waals surface area contributed by atoms with Gasteiger partial charge in [0, 0.05) is 35.8 Å². The van der Waals surface area contributed by atoms with E-state index in [9.17, 15) is 14.9 Å². The van der Waals surface area contributed by atoms with Crippen molar-refractivity contribution < 1.29 is 9.72 Å². The van der Waals surface area contributed by atoms with Gasteiger partial charge in [0.2, 0.25) is 5.91 Å². The maximum atomic E-state index is 11.3. The first-order valence-electron chi connectivity index (χ1n) is 6.50. The molecule has 0 fully saturated rings. The molecule has 0 saturated heterocycles. The summed E-state index contributed by atoms with van der Waals surface area (Å²) in [6.07, 6.45) is 1.24. The lowest BCUT2D eigenvalue weighted by Gasteiger charge is -2.18. The summed E-state index contributed by atoms with van der Waals surface area (Å²) in [6.45, 7) is 0.537. The molecule has 0 saturated carbocycles. The first-order chi connectivity index (χ1) is 10.1. The number of aryl methyl sites for hydroxylation is 1. The molecule has 21 heavy (non-hydrogen) atoms. The Kier molecular flexibility index (Phi) is 3.57. The van der Waals surface area contributed by atoms with Crippen molar-refractivity contribution in [2.45, 2.75) is 19.4 Å². The molecule has 0 bridgehead atoms. The van der Waals surface area contributed by atoms with E-state index in [0.717, 1.165) is 40.3 Å². The second-order valence-electron chi connectivity index (χ2n) is 4.82. The molecular formula is C14H13N3O3S. The summed E-state index contributed by atoms with van der Waals surface area (Å²) in [5, 5.41) is 18.7. The van der Waals surface area contributed by atoms with Crippen LogP contribution in [0.15, 0.2) is 29.6 Å². The zero-order chi connectivity index (χ0) is 14.8. The molecule has 3 rings (SSSR count). The van der Waals surface area contributed by atoms with Gasteiger partial charge in [-0.2, -0.15) is 0 Å². The van der Waals surface area contributed by atoms with Crippen molar-refractivity contribution in [3.8, 4) is 0 Å². The van der Waals surface area contributed by atoms with Crippen LogP contribution in [0.4, 0.5) is 16.4 Å². The Bertz CT molecular complexity index is 711. The molecule has 0 radical (unpaired) electrons. The largest absolute Gasteiger partial charge is 0.381 e. The number of fused-ring (bicyclic) bond motifs is 1. The molecule has 2 heterocycles. The molecule has 1 amide bonds. The average molecular weight is 303 g/mol. The van der Waals surface area contributed by atoms with E-state index in [2.05, 4.69) is 10.6 Å². The molecule has 2 N–H and O–H groups in total. The molecule has 0 aliphatic carbocycles. The minimum absolute atomic E-state index is 0.0498. The van der Waals surface area contributed by atoms with Gasteiger partial charge in [-0.1, -0.05) is 11.3 Å². The molecule has 2 aromatic rings. The first-order valence-corrected chi connectivity index (χ1v) is 7.38. The van der Waals surface area contributed by atoms with Crippen LogP contribution in [0.5, 0.6) is 0 Å². The molecule has 1 aliphatic heterocycles. The molecule has 0 spiro atoms. The van der Waals surface area contributed by atoms with Crippen LogP contribution in [0.1, 0.15) is 17.5 Å². The van der Waals surface area contributed by atoms with Crippen molar-refractivity contribution in [2.75, 3.05) is 10.6 Å². The van der Waals surface area contributed by atoms with Crippen LogP contribution >= 0.6 is 11.3 Å². The van der Waals surface area contributed by atoms with E-state index >= 15 is 0 Å². The lowest BCUT2D eigenvalue weighted by molar-refractivity contribution is -0.380. The van der Waals surface area contributed by atoms with E-state index in [1.165, 1.54) is 0 Å². The number of thiophene rings is 1. The minimum Gasteiger partial charge on any atom is -0.381 e. The normalized spacial score (nSPS) is 13.4. The highest BCUT2D eigenvalue weighted by atomic mass is 32.1. The molecule has 1 aromatic carbocycles. The molecule has 0 unspecified atom stereocenters. The number of anilines is 2. The van der Waals surface area contributed by atoms with Gasteiger partial charge in [0.05, 0.1) is 4.92 Å². The second kappa shape index (κ2) is 5.53. The highest BCUT2D eigenvalue weighted by molar-refractivity contribution is 7.13. The number of carbonyl (C=O) groups excluding carboxylic acids is 1. The maximum Gasteiger partial charge on any atom is 0.324 e. The second-order valence-corrected chi connectivity index (χ2v) is 5.71. The molecule has 6 nitrogen and oxygen atoms in total. The van der Waals surface area contributed by atoms with Crippen molar-refractivity contribution >= 4 is 33.6 Å². The van der Waals surface area contributed by atoms with Crippen LogP contribution in [-0.4, -0.2) is 10.8 Å². The third kappa shape index (κ3) is 3.03. The number of benzene rings is 1. The number of carbonyl (C=O) groups is 1. The molecule has 7 heteroatoms. The molecular weight excluding hydrogens is 290 g/mol. The average Bonchev–Trinajstić information content (AvgIpc) is 2.94. The lowest BCUT2D eigenvalue weighted by atomic mass is 10.0. The SMILES string of the molecule is O=C1CCc2cc(NCc3csc([N+](=O)[O-])c3)ccc2N1. The summed E-state index contributed by atoms with van der Waals surface area (Å²) < 4.78 is 0. The van der Waals surface area contributed by atoms with E-state index in [0.29, 0.717) is 13.0 Å². The number of nitro groups is 1. The summed E-state index contributed by atoms with van der Waals surface area (Å²) in [4.78, 5) is 21.6. The van der Waals surface area contributed by atoms with E-state index < -0.39 is 0 Å². The number of nitrogens with zero attached hydrogens (tertiary/aromatic N) is 1. The van der Waals surface area contributed by atoms with Gasteiger partial charge in [-0.15, -0.1) is 0 Å². The van der Waals surface area contributed by atoms with Crippen molar-refractivity contribution in [1.82, 2.24) is 0 Å². The first kappa shape index (κ1) is 13.6. The number of hydrogen-bond acceptors (Lipinski definition) is 5. The summed E-state index contributed by atoms with van der Waals surface area (Å²) >= 11 is 1.13. The summed E-state index contributed by atoms with van der Waals surface area (Å²) in [5.74, 6) is 0.0498. The monoisotopic (exact) mass is 303 g/mol. The third-order valence-corrected chi connectivity index (χ3v) is 4.25. The van der Waals surface area contributed by atoms with Crippen molar-refractivity contribution in [1.29, 1.82) is 0 Å². The van der Waals surface area contributed by atoms with Gasteiger partial charge in [-0.3, -0.25) is 14.9 Å². The number of hydrogen-bond donors (Lipinski definition) is 2. The fraction of sp³-hybridized carbons (Fsp3) is 0.214.